The van der Waals surface area contributed by atoms with Gasteiger partial charge in [-0.1, -0.05) is 36.1 Å². The van der Waals surface area contributed by atoms with E-state index in [0.29, 0.717) is 44.4 Å². The number of pyridine rings is 1. The molecular weight excluding hydrogens is 839 g/mol. The van der Waals surface area contributed by atoms with E-state index in [4.69, 9.17) is 20.2 Å². The van der Waals surface area contributed by atoms with E-state index >= 15 is 0 Å². The molecule has 0 bridgehead atoms. The highest BCUT2D eigenvalue weighted by molar-refractivity contribution is 7.15. The van der Waals surface area contributed by atoms with Crippen molar-refractivity contribution in [2.45, 2.75) is 95.8 Å². The van der Waals surface area contributed by atoms with Crippen molar-refractivity contribution in [3.8, 4) is 33.8 Å². The summed E-state index contributed by atoms with van der Waals surface area (Å²) < 4.78 is 11.9. The van der Waals surface area contributed by atoms with Gasteiger partial charge in [-0.3, -0.25) is 34.1 Å². The number of likely N-dealkylation sites (tertiary alicyclic amines) is 1. The van der Waals surface area contributed by atoms with E-state index in [1.165, 1.54) is 6.07 Å². The third-order valence-corrected chi connectivity index (χ3v) is 11.9. The first kappa shape index (κ1) is 46.9. The van der Waals surface area contributed by atoms with Crippen LogP contribution in [0.3, 0.4) is 0 Å². The van der Waals surface area contributed by atoms with Crippen molar-refractivity contribution in [2.75, 3.05) is 32.0 Å². The summed E-state index contributed by atoms with van der Waals surface area (Å²) in [5.41, 5.74) is 7.70. The number of anilines is 1. The van der Waals surface area contributed by atoms with Gasteiger partial charge in [-0.05, 0) is 82.2 Å². The Bertz CT molecular complexity index is 2410. The predicted molar refractivity (Wildman–Crippen MR) is 239 cm³/mol. The van der Waals surface area contributed by atoms with Crippen LogP contribution in [0.25, 0.3) is 10.4 Å². The van der Waals surface area contributed by atoms with E-state index < -0.39 is 29.4 Å². The fourth-order valence-electron chi connectivity index (χ4n) is 7.19. The molecule has 6 rings (SSSR count). The average Bonchev–Trinajstić information content (AvgIpc) is 3.78. The van der Waals surface area contributed by atoms with Gasteiger partial charge in [0.25, 0.3) is 5.91 Å². The maximum Gasteiger partial charge on any atom is 0.256 e. The number of aliphatic hydroxyl groups is 1. The Hall–Kier alpha value is -6.64. The number of aromatic nitrogens is 2. The number of thiazole rings is 1. The van der Waals surface area contributed by atoms with Crippen molar-refractivity contribution in [3.05, 3.63) is 88.2 Å². The Balaban J connectivity index is 0.869. The summed E-state index contributed by atoms with van der Waals surface area (Å²) in [4.78, 5) is 85.8. The number of nitrogens with two attached hydrogens (primary N) is 1. The largest absolute Gasteiger partial charge is 0.493 e. The number of carbonyl (C=O) groups is 6. The van der Waals surface area contributed by atoms with E-state index in [2.05, 4.69) is 32.8 Å². The van der Waals surface area contributed by atoms with Crippen LogP contribution in [0.15, 0.2) is 60.9 Å². The fourth-order valence-corrected chi connectivity index (χ4v) is 8.26. The van der Waals surface area contributed by atoms with Crippen LogP contribution in [0.1, 0.15) is 114 Å². The fraction of sp³-hybridized carbons (Fsp3) is 0.404. The minimum atomic E-state index is -1.09. The standard InChI is InChI=1S/C47H53N7O9S/c1-47(2,61)19-15-30-8-6-9-31(24-30)29-63-37-25-34(26-50-43(37)48)38-27-51-46(64-38)32-17-21-54(22-18-32)41(58)16-20-49-39(56)12-4-3-5-23-62-36-11-7-10-33(28-55)42(36)45(60)52-35-13-14-40(57)53-44(35)59/h6-11,24-28,32,35,61H,3-5,12-14,16-18,20-23,29H2,1-2H3,(H2,48,50)(H,49,56)(H,52,60)(H,53,57,59). The number of nitrogens with one attached hydrogen (secondary N) is 3. The van der Waals surface area contributed by atoms with Crippen LogP contribution in [0.5, 0.6) is 11.5 Å². The summed E-state index contributed by atoms with van der Waals surface area (Å²) in [6.07, 6.45) is 8.22. The number of aldehydes is 1. The minimum Gasteiger partial charge on any atom is -0.493 e. The lowest BCUT2D eigenvalue weighted by Gasteiger charge is -2.31. The van der Waals surface area contributed by atoms with Crippen molar-refractivity contribution in [3.63, 3.8) is 0 Å². The van der Waals surface area contributed by atoms with Crippen LogP contribution < -0.4 is 31.2 Å². The molecule has 16 nitrogen and oxygen atoms in total. The third kappa shape index (κ3) is 13.4. The maximum absolute atomic E-state index is 13.1. The first-order valence-corrected chi connectivity index (χ1v) is 22.2. The van der Waals surface area contributed by atoms with E-state index in [0.717, 1.165) is 39.4 Å². The molecule has 336 valence electrons. The molecule has 2 fully saturated rings. The molecule has 5 amide bonds. The summed E-state index contributed by atoms with van der Waals surface area (Å²) in [7, 11) is 0. The SMILES string of the molecule is CC(C)(O)C#Cc1cccc(COc2cc(-c3cnc(C4CCN(C(=O)CCNC(=O)CCCCCOc5cccc(C=O)c5C(=O)NC5CCC(=O)NC5=O)CC4)s3)cnc2N)c1. The molecule has 1 atom stereocenters. The molecule has 0 spiro atoms. The topological polar surface area (TPSA) is 232 Å². The molecule has 2 aliphatic rings. The van der Waals surface area contributed by atoms with Gasteiger partial charge in [-0.25, -0.2) is 9.97 Å². The summed E-state index contributed by atoms with van der Waals surface area (Å²) in [5.74, 6) is 5.13. The van der Waals surface area contributed by atoms with Crippen LogP contribution >= 0.6 is 11.3 Å². The molecule has 0 aliphatic carbocycles. The second-order valence-corrected chi connectivity index (χ2v) is 17.3. The molecule has 6 N–H and O–H groups in total. The van der Waals surface area contributed by atoms with Gasteiger partial charge < -0.3 is 35.8 Å². The molecule has 2 aliphatic heterocycles. The van der Waals surface area contributed by atoms with Gasteiger partial charge in [0.2, 0.25) is 23.6 Å². The number of benzene rings is 2. The normalized spacial score (nSPS) is 15.4. The smallest absolute Gasteiger partial charge is 0.256 e. The quantitative estimate of drug-likeness (QED) is 0.0397. The lowest BCUT2D eigenvalue weighted by molar-refractivity contribution is -0.135. The van der Waals surface area contributed by atoms with Gasteiger partial charge in [-0.2, -0.15) is 0 Å². The molecule has 4 aromatic rings. The van der Waals surface area contributed by atoms with E-state index in [1.54, 1.807) is 43.5 Å². The van der Waals surface area contributed by atoms with Crippen molar-refractivity contribution in [1.29, 1.82) is 0 Å². The van der Waals surface area contributed by atoms with Crippen LogP contribution in [0.4, 0.5) is 5.82 Å². The Morgan fingerprint density at radius 1 is 1.00 bits per heavy atom. The van der Waals surface area contributed by atoms with Crippen molar-refractivity contribution < 1.29 is 43.3 Å². The molecular formula is C47H53N7O9S. The lowest BCUT2D eigenvalue weighted by Crippen LogP contribution is -2.52. The first-order chi connectivity index (χ1) is 30.8. The lowest BCUT2D eigenvalue weighted by atomic mass is 9.97. The molecule has 2 saturated heterocycles. The number of hydrogen-bond donors (Lipinski definition) is 5. The zero-order valence-corrected chi connectivity index (χ0v) is 36.8. The van der Waals surface area contributed by atoms with E-state index in [-0.39, 0.29) is 85.9 Å². The highest BCUT2D eigenvalue weighted by Crippen LogP contribution is 2.37. The van der Waals surface area contributed by atoms with Crippen molar-refractivity contribution >= 4 is 53.0 Å². The number of nitrogen functional groups attached to an aromatic ring is 1. The summed E-state index contributed by atoms with van der Waals surface area (Å²) in [6.45, 7) is 5.21. The minimum absolute atomic E-state index is 0.00576. The Morgan fingerprint density at radius 3 is 2.56 bits per heavy atom. The Kier molecular flexibility index (Phi) is 16.2. The van der Waals surface area contributed by atoms with Gasteiger partial charge in [0.1, 0.15) is 24.0 Å². The Morgan fingerprint density at radius 2 is 1.80 bits per heavy atom. The average molecular weight is 892 g/mol. The highest BCUT2D eigenvalue weighted by Gasteiger charge is 2.30. The maximum atomic E-state index is 13.1. The van der Waals surface area contributed by atoms with Crippen LogP contribution in [-0.4, -0.2) is 93.7 Å². The molecule has 64 heavy (non-hydrogen) atoms. The summed E-state index contributed by atoms with van der Waals surface area (Å²) in [5, 5.41) is 18.5. The zero-order valence-electron chi connectivity index (χ0n) is 35.9. The van der Waals surface area contributed by atoms with Crippen molar-refractivity contribution in [2.24, 2.45) is 0 Å². The van der Waals surface area contributed by atoms with Crippen molar-refractivity contribution in [1.82, 2.24) is 30.8 Å². The molecule has 2 aromatic heterocycles. The number of carbonyl (C=O) groups excluding carboxylic acids is 6. The number of nitrogens with zero attached hydrogens (tertiary/aromatic N) is 3. The zero-order chi connectivity index (χ0) is 45.6. The number of imide groups is 1. The van der Waals surface area contributed by atoms with E-state index in [9.17, 15) is 33.9 Å². The van der Waals surface area contributed by atoms with Crippen LogP contribution in [-0.2, 0) is 25.8 Å². The van der Waals surface area contributed by atoms with Crippen LogP contribution in [0, 0.1) is 11.8 Å². The molecule has 4 heterocycles. The predicted octanol–water partition coefficient (Wildman–Crippen LogP) is 4.69. The molecule has 1 unspecified atom stereocenters. The molecule has 0 saturated carbocycles. The van der Waals surface area contributed by atoms with Gasteiger partial charge in [0, 0.05) is 73.9 Å². The van der Waals surface area contributed by atoms with E-state index in [1.807, 2.05) is 41.4 Å². The number of piperidine rings is 2. The number of hydrogen-bond acceptors (Lipinski definition) is 13. The highest BCUT2D eigenvalue weighted by atomic mass is 32.1. The molecule has 17 heteroatoms. The summed E-state index contributed by atoms with van der Waals surface area (Å²) >= 11 is 1.59. The van der Waals surface area contributed by atoms with Crippen LogP contribution in [0.2, 0.25) is 0 Å². The Labute approximate surface area is 375 Å². The molecule has 2 aromatic carbocycles. The van der Waals surface area contributed by atoms with Gasteiger partial charge in [0.15, 0.2) is 17.9 Å². The molecule has 0 radical (unpaired) electrons. The second kappa shape index (κ2) is 22.1. The monoisotopic (exact) mass is 891 g/mol. The van der Waals surface area contributed by atoms with Gasteiger partial charge in [-0.15, -0.1) is 11.3 Å². The number of rotatable bonds is 18. The summed E-state index contributed by atoms with van der Waals surface area (Å²) in [6, 6.07) is 13.2. The second-order valence-electron chi connectivity index (χ2n) is 16.2. The number of ether oxygens (including phenoxy) is 2. The van der Waals surface area contributed by atoms with Gasteiger partial charge >= 0.3 is 0 Å². The number of unbranched alkanes of at least 4 members (excludes halogenated alkanes) is 2. The third-order valence-electron chi connectivity index (χ3n) is 10.6. The first-order valence-electron chi connectivity index (χ1n) is 21.3. The van der Waals surface area contributed by atoms with Gasteiger partial charge in [0.05, 0.1) is 22.1 Å². The number of amides is 5.